The van der Waals surface area contributed by atoms with Crippen LogP contribution in [0.3, 0.4) is 0 Å². The number of nitriles is 1. The van der Waals surface area contributed by atoms with Gasteiger partial charge in [0.2, 0.25) is 5.95 Å². The molecule has 2 saturated carbocycles. The van der Waals surface area contributed by atoms with E-state index in [1.54, 1.807) is 24.5 Å². The van der Waals surface area contributed by atoms with E-state index in [1.165, 1.54) is 13.1 Å². The van der Waals surface area contributed by atoms with Gasteiger partial charge in [-0.05, 0) is 43.9 Å². The molecule has 8 nitrogen and oxygen atoms in total. The van der Waals surface area contributed by atoms with E-state index in [0.29, 0.717) is 52.5 Å². The van der Waals surface area contributed by atoms with Crippen LogP contribution in [0.1, 0.15) is 37.3 Å². The number of nitrogens with zero attached hydrogens (tertiary/aromatic N) is 7. The first kappa shape index (κ1) is 21.0. The van der Waals surface area contributed by atoms with Crippen molar-refractivity contribution < 1.29 is 8.78 Å². The van der Waals surface area contributed by atoms with E-state index < -0.39 is 11.3 Å². The molecule has 2 aromatic heterocycles. The van der Waals surface area contributed by atoms with Gasteiger partial charge in [0.1, 0.15) is 0 Å². The Morgan fingerprint density at radius 1 is 1.17 bits per heavy atom. The fourth-order valence-corrected chi connectivity index (χ4v) is 6.61. The Balaban J connectivity index is 1.13. The van der Waals surface area contributed by atoms with Gasteiger partial charge in [0.25, 0.3) is 5.92 Å². The highest BCUT2D eigenvalue weighted by Crippen LogP contribution is 2.65. The van der Waals surface area contributed by atoms with Gasteiger partial charge in [-0.3, -0.25) is 4.68 Å². The molecule has 4 heterocycles. The summed E-state index contributed by atoms with van der Waals surface area (Å²) < 4.78 is 30.0. The molecular formula is C25H26F2N8. The summed E-state index contributed by atoms with van der Waals surface area (Å²) in [5, 5.41) is 18.0. The molecule has 1 N–H and O–H groups in total. The maximum Gasteiger partial charge on any atom is 0.256 e. The van der Waals surface area contributed by atoms with Crippen LogP contribution in [-0.4, -0.2) is 63.8 Å². The number of nitrogens with one attached hydrogen (secondary N) is 1. The number of likely N-dealkylation sites (tertiary alicyclic amines) is 1. The number of hydrogen-bond acceptors (Lipinski definition) is 7. The van der Waals surface area contributed by atoms with Gasteiger partial charge >= 0.3 is 0 Å². The summed E-state index contributed by atoms with van der Waals surface area (Å²) in [6, 6.07) is 6.09. The topological polar surface area (TPSA) is 85.9 Å². The van der Waals surface area contributed by atoms with Gasteiger partial charge in [-0.25, -0.2) is 18.7 Å². The third-order valence-corrected chi connectivity index (χ3v) is 8.48. The van der Waals surface area contributed by atoms with Crippen LogP contribution in [-0.2, 0) is 0 Å². The number of anilines is 3. The summed E-state index contributed by atoms with van der Waals surface area (Å²) in [5.74, 6) is -2.18. The molecule has 1 unspecified atom stereocenters. The highest BCUT2D eigenvalue weighted by atomic mass is 19.3. The highest BCUT2D eigenvalue weighted by molar-refractivity contribution is 5.93. The molecule has 3 aromatic rings. The number of alkyl halides is 2. The first-order valence-corrected chi connectivity index (χ1v) is 12.1. The van der Waals surface area contributed by atoms with E-state index in [9.17, 15) is 14.0 Å². The van der Waals surface area contributed by atoms with E-state index in [2.05, 4.69) is 33.4 Å². The molecule has 7 rings (SSSR count). The summed E-state index contributed by atoms with van der Waals surface area (Å²) >= 11 is 0. The summed E-state index contributed by atoms with van der Waals surface area (Å²) in [5.41, 5.74) is 2.20. The Labute approximate surface area is 201 Å². The second-order valence-corrected chi connectivity index (χ2v) is 11.1. The molecule has 2 aliphatic heterocycles. The fourth-order valence-electron chi connectivity index (χ4n) is 6.61. The van der Waals surface area contributed by atoms with Crippen LogP contribution < -0.4 is 10.2 Å². The molecule has 1 atom stereocenters. The lowest BCUT2D eigenvalue weighted by molar-refractivity contribution is -0.0786. The van der Waals surface area contributed by atoms with E-state index >= 15 is 0 Å². The molecule has 0 bridgehead atoms. The predicted molar refractivity (Wildman–Crippen MR) is 127 cm³/mol. The zero-order valence-electron chi connectivity index (χ0n) is 19.5. The minimum atomic E-state index is -2.60. The van der Waals surface area contributed by atoms with Crippen molar-refractivity contribution in [3.8, 4) is 6.07 Å². The third-order valence-electron chi connectivity index (χ3n) is 8.48. The molecule has 2 aliphatic carbocycles. The van der Waals surface area contributed by atoms with Gasteiger partial charge in [-0.1, -0.05) is 0 Å². The van der Waals surface area contributed by atoms with E-state index in [4.69, 9.17) is 4.98 Å². The lowest BCUT2D eigenvalue weighted by Gasteiger charge is -2.58. The van der Waals surface area contributed by atoms with Gasteiger partial charge in [0.05, 0.1) is 46.2 Å². The summed E-state index contributed by atoms with van der Waals surface area (Å²) in [4.78, 5) is 13.5. The lowest BCUT2D eigenvalue weighted by atomic mass is 9.61. The van der Waals surface area contributed by atoms with Crippen molar-refractivity contribution in [3.05, 3.63) is 36.3 Å². The van der Waals surface area contributed by atoms with Crippen LogP contribution >= 0.6 is 0 Å². The SMILES string of the molecule is CN1CC2(CC(n3cc(Nc4ncc5cc(C#N)cc(N6CCC7(C6)CC7(F)F)c5n4)cn3)C2)C1. The van der Waals surface area contributed by atoms with Crippen molar-refractivity contribution >= 4 is 28.2 Å². The summed E-state index contributed by atoms with van der Waals surface area (Å²) in [6.45, 7) is 3.15. The van der Waals surface area contributed by atoms with Crippen LogP contribution in [0.4, 0.5) is 26.1 Å². The third kappa shape index (κ3) is 3.21. The largest absolute Gasteiger partial charge is 0.369 e. The Morgan fingerprint density at radius 2 is 1.97 bits per heavy atom. The van der Waals surface area contributed by atoms with Crippen LogP contribution in [0.15, 0.2) is 30.7 Å². The number of rotatable bonds is 4. The smallest absolute Gasteiger partial charge is 0.256 e. The summed E-state index contributed by atoms with van der Waals surface area (Å²) in [6.07, 6.45) is 8.16. The summed E-state index contributed by atoms with van der Waals surface area (Å²) in [7, 11) is 2.16. The van der Waals surface area contributed by atoms with Crippen molar-refractivity contribution in [2.24, 2.45) is 10.8 Å². The first-order chi connectivity index (χ1) is 16.8. The molecule has 2 spiro atoms. The second-order valence-electron chi connectivity index (χ2n) is 11.1. The number of fused-ring (bicyclic) bond motifs is 1. The monoisotopic (exact) mass is 476 g/mol. The molecule has 0 amide bonds. The minimum absolute atomic E-state index is 0.0586. The van der Waals surface area contributed by atoms with Gasteiger partial charge in [0.15, 0.2) is 0 Å². The van der Waals surface area contributed by atoms with Crippen molar-refractivity contribution in [1.29, 1.82) is 5.26 Å². The van der Waals surface area contributed by atoms with Gasteiger partial charge in [-0.2, -0.15) is 10.4 Å². The Bertz CT molecular complexity index is 1380. The molecule has 180 valence electrons. The van der Waals surface area contributed by atoms with Crippen molar-refractivity contribution in [2.45, 2.75) is 37.6 Å². The number of benzene rings is 1. The van der Waals surface area contributed by atoms with E-state index in [1.807, 2.05) is 15.8 Å². The fraction of sp³-hybridized carbons (Fsp3) is 0.520. The minimum Gasteiger partial charge on any atom is -0.369 e. The number of hydrogen-bond donors (Lipinski definition) is 1. The second kappa shape index (κ2) is 6.88. The van der Waals surface area contributed by atoms with Crippen LogP contribution in [0.25, 0.3) is 10.9 Å². The van der Waals surface area contributed by atoms with Crippen molar-refractivity contribution in [3.63, 3.8) is 0 Å². The standard InChI is InChI=1S/C25H26F2N8/c1-33-13-23(14-33)6-19(7-23)35-11-18(10-30-35)31-22-29-9-17-4-16(8-28)5-20(21(17)32-22)34-3-2-24(15-34)12-25(24,26)27/h4-5,9-11,19H,2-3,6-7,12-15H2,1H3,(H,29,31,32). The first-order valence-electron chi connectivity index (χ1n) is 12.1. The average molecular weight is 477 g/mol. The molecule has 2 saturated heterocycles. The maximum atomic E-state index is 14.0. The molecule has 35 heavy (non-hydrogen) atoms. The normalized spacial score (nSPS) is 26.6. The number of aromatic nitrogens is 4. The Kier molecular flexibility index (Phi) is 4.13. The molecule has 10 heteroatoms. The molecule has 1 aromatic carbocycles. The molecule has 4 aliphatic rings. The van der Waals surface area contributed by atoms with Gasteiger partial charge < -0.3 is 15.1 Å². The Hall–Kier alpha value is -3.32. The van der Waals surface area contributed by atoms with Crippen molar-refractivity contribution in [2.75, 3.05) is 43.4 Å². The van der Waals surface area contributed by atoms with Gasteiger partial charge in [0, 0.05) is 50.4 Å². The molecular weight excluding hydrogens is 450 g/mol. The Morgan fingerprint density at radius 3 is 2.66 bits per heavy atom. The van der Waals surface area contributed by atoms with Crippen molar-refractivity contribution in [1.82, 2.24) is 24.6 Å². The van der Waals surface area contributed by atoms with Crippen LogP contribution in [0.5, 0.6) is 0 Å². The molecule has 0 radical (unpaired) electrons. The zero-order valence-corrected chi connectivity index (χ0v) is 19.5. The molecule has 4 fully saturated rings. The predicted octanol–water partition coefficient (Wildman–Crippen LogP) is 3.94. The highest BCUT2D eigenvalue weighted by Gasteiger charge is 2.72. The lowest BCUT2D eigenvalue weighted by Crippen LogP contribution is -2.60. The van der Waals surface area contributed by atoms with E-state index in [-0.39, 0.29) is 13.0 Å². The van der Waals surface area contributed by atoms with Crippen LogP contribution in [0, 0.1) is 22.2 Å². The zero-order chi connectivity index (χ0) is 24.0. The van der Waals surface area contributed by atoms with Gasteiger partial charge in [-0.15, -0.1) is 0 Å². The van der Waals surface area contributed by atoms with Crippen LogP contribution in [0.2, 0.25) is 0 Å². The quantitative estimate of drug-likeness (QED) is 0.610. The average Bonchev–Trinajstić information content (AvgIpc) is 3.16. The van der Waals surface area contributed by atoms with E-state index in [0.717, 1.165) is 18.5 Å². The maximum absolute atomic E-state index is 14.0. The number of halogens is 2.